The van der Waals surface area contributed by atoms with Crippen molar-refractivity contribution < 1.29 is 5.11 Å². The summed E-state index contributed by atoms with van der Waals surface area (Å²) < 4.78 is 0.857. The average Bonchev–Trinajstić information content (AvgIpc) is 2.60. The maximum absolute atomic E-state index is 8.97. The summed E-state index contributed by atoms with van der Waals surface area (Å²) in [6.07, 6.45) is 0. The Kier molecular flexibility index (Phi) is 3.64. The van der Waals surface area contributed by atoms with Crippen molar-refractivity contribution in [2.45, 2.75) is 15.8 Å². The van der Waals surface area contributed by atoms with Gasteiger partial charge in [-0.05, 0) is 12.1 Å². The average molecular weight is 258 g/mol. The van der Waals surface area contributed by atoms with Crippen molar-refractivity contribution in [1.82, 2.24) is 4.98 Å². The Morgan fingerprint density at radius 2 is 2.07 bits per heavy atom. The molecule has 0 unspecified atom stereocenters. The third-order valence-corrected chi connectivity index (χ3v) is 4.26. The van der Waals surface area contributed by atoms with Crippen molar-refractivity contribution in [3.05, 3.63) is 40.4 Å². The lowest BCUT2D eigenvalue weighted by Gasteiger charge is -1.94. The SMILES string of the molecule is OCc1sc(Sc2ccccc2)nc1Cl. The van der Waals surface area contributed by atoms with E-state index in [2.05, 4.69) is 4.98 Å². The minimum Gasteiger partial charge on any atom is -0.391 e. The minimum absolute atomic E-state index is 0.0498. The number of rotatable bonds is 3. The molecule has 0 amide bonds. The summed E-state index contributed by atoms with van der Waals surface area (Å²) in [5, 5.41) is 9.38. The van der Waals surface area contributed by atoms with Crippen molar-refractivity contribution in [1.29, 1.82) is 0 Å². The first kappa shape index (κ1) is 11.0. The van der Waals surface area contributed by atoms with Crippen LogP contribution in [0, 0.1) is 0 Å². The minimum atomic E-state index is -0.0498. The maximum atomic E-state index is 8.97. The predicted octanol–water partition coefficient (Wildman–Crippen LogP) is 3.44. The number of aliphatic hydroxyl groups excluding tert-OH is 1. The van der Waals surface area contributed by atoms with Crippen LogP contribution in [-0.2, 0) is 6.61 Å². The van der Waals surface area contributed by atoms with Gasteiger partial charge in [-0.1, -0.05) is 41.6 Å². The van der Waals surface area contributed by atoms with Gasteiger partial charge in [0.05, 0.1) is 11.5 Å². The smallest absolute Gasteiger partial charge is 0.156 e. The molecular weight excluding hydrogens is 250 g/mol. The number of hydrogen-bond donors (Lipinski definition) is 1. The zero-order valence-electron chi connectivity index (χ0n) is 7.68. The lowest BCUT2D eigenvalue weighted by atomic mass is 10.4. The number of thiazole rings is 1. The highest BCUT2D eigenvalue weighted by atomic mass is 35.5. The van der Waals surface area contributed by atoms with Crippen molar-refractivity contribution in [3.8, 4) is 0 Å². The molecule has 78 valence electrons. The summed E-state index contributed by atoms with van der Waals surface area (Å²) in [4.78, 5) is 6.00. The Morgan fingerprint density at radius 3 is 2.67 bits per heavy atom. The van der Waals surface area contributed by atoms with E-state index in [0.717, 1.165) is 14.1 Å². The highest BCUT2D eigenvalue weighted by Crippen LogP contribution is 2.34. The monoisotopic (exact) mass is 257 g/mol. The molecule has 0 radical (unpaired) electrons. The van der Waals surface area contributed by atoms with Crippen LogP contribution in [0.2, 0.25) is 5.15 Å². The van der Waals surface area contributed by atoms with Crippen LogP contribution in [0.3, 0.4) is 0 Å². The van der Waals surface area contributed by atoms with Gasteiger partial charge >= 0.3 is 0 Å². The molecule has 0 aliphatic rings. The fraction of sp³-hybridized carbons (Fsp3) is 0.100. The Morgan fingerprint density at radius 1 is 1.33 bits per heavy atom. The molecule has 0 bridgehead atoms. The van der Waals surface area contributed by atoms with Gasteiger partial charge in [-0.3, -0.25) is 0 Å². The van der Waals surface area contributed by atoms with Crippen LogP contribution in [-0.4, -0.2) is 10.1 Å². The lowest BCUT2D eigenvalue weighted by Crippen LogP contribution is -1.75. The molecule has 0 fully saturated rings. The molecule has 2 rings (SSSR count). The number of nitrogens with zero attached hydrogens (tertiary/aromatic N) is 1. The van der Waals surface area contributed by atoms with Crippen LogP contribution >= 0.6 is 34.7 Å². The molecule has 0 aliphatic carbocycles. The van der Waals surface area contributed by atoms with E-state index in [1.165, 1.54) is 11.3 Å². The zero-order valence-corrected chi connectivity index (χ0v) is 10.1. The summed E-state index contributed by atoms with van der Waals surface area (Å²) in [7, 11) is 0. The molecule has 1 N–H and O–H groups in total. The highest BCUT2D eigenvalue weighted by Gasteiger charge is 2.08. The molecule has 2 aromatic rings. The fourth-order valence-corrected chi connectivity index (χ4v) is 3.33. The van der Waals surface area contributed by atoms with Gasteiger partial charge in [0.15, 0.2) is 4.34 Å². The van der Waals surface area contributed by atoms with Crippen LogP contribution in [0.1, 0.15) is 4.88 Å². The summed E-state index contributed by atoms with van der Waals surface area (Å²) in [5.41, 5.74) is 0. The molecule has 1 aromatic carbocycles. The van der Waals surface area contributed by atoms with Crippen molar-refractivity contribution in [3.63, 3.8) is 0 Å². The van der Waals surface area contributed by atoms with Crippen molar-refractivity contribution >= 4 is 34.7 Å². The Bertz CT molecular complexity index is 444. The molecule has 0 spiro atoms. The first-order chi connectivity index (χ1) is 7.29. The van der Waals surface area contributed by atoms with Gasteiger partial charge in [0.1, 0.15) is 5.15 Å². The number of aromatic nitrogens is 1. The van der Waals surface area contributed by atoms with Crippen molar-refractivity contribution in [2.24, 2.45) is 0 Å². The molecule has 0 aliphatic heterocycles. The van der Waals surface area contributed by atoms with E-state index in [-0.39, 0.29) is 6.61 Å². The Labute approximate surface area is 101 Å². The van der Waals surface area contributed by atoms with Gasteiger partial charge in [0.25, 0.3) is 0 Å². The molecule has 1 aromatic heterocycles. The Hall–Kier alpha value is -0.550. The number of benzene rings is 1. The predicted molar refractivity (Wildman–Crippen MR) is 63.6 cm³/mol. The van der Waals surface area contributed by atoms with Crippen LogP contribution in [0.5, 0.6) is 0 Å². The zero-order chi connectivity index (χ0) is 10.7. The van der Waals surface area contributed by atoms with Crippen LogP contribution < -0.4 is 0 Å². The van der Waals surface area contributed by atoms with Gasteiger partial charge in [-0.15, -0.1) is 11.3 Å². The van der Waals surface area contributed by atoms with Gasteiger partial charge < -0.3 is 5.11 Å². The largest absolute Gasteiger partial charge is 0.391 e. The van der Waals surface area contributed by atoms with Gasteiger partial charge in [0, 0.05) is 4.90 Å². The quantitative estimate of drug-likeness (QED) is 0.914. The summed E-state index contributed by atoms with van der Waals surface area (Å²) in [6, 6.07) is 9.95. The summed E-state index contributed by atoms with van der Waals surface area (Å²) in [5.74, 6) is 0. The standard InChI is InChI=1S/C10H8ClNOS2/c11-9-8(6-13)15-10(12-9)14-7-4-2-1-3-5-7/h1-5,13H,6H2. The fourth-order valence-electron chi connectivity index (χ4n) is 1.04. The number of aliphatic hydroxyl groups is 1. The van der Waals surface area contributed by atoms with E-state index >= 15 is 0 Å². The summed E-state index contributed by atoms with van der Waals surface area (Å²) in [6.45, 7) is -0.0498. The van der Waals surface area contributed by atoms with Gasteiger partial charge in [-0.2, -0.15) is 0 Å². The Balaban J connectivity index is 2.18. The van der Waals surface area contributed by atoms with Gasteiger partial charge in [0.2, 0.25) is 0 Å². The second-order valence-corrected chi connectivity index (χ2v) is 5.53. The topological polar surface area (TPSA) is 33.1 Å². The molecule has 0 saturated heterocycles. The molecule has 0 atom stereocenters. The van der Waals surface area contributed by atoms with E-state index in [0.29, 0.717) is 5.15 Å². The molecule has 1 heterocycles. The second kappa shape index (κ2) is 4.99. The van der Waals surface area contributed by atoms with Crippen LogP contribution in [0.4, 0.5) is 0 Å². The van der Waals surface area contributed by atoms with E-state index in [1.807, 2.05) is 30.3 Å². The van der Waals surface area contributed by atoms with Crippen LogP contribution in [0.25, 0.3) is 0 Å². The van der Waals surface area contributed by atoms with E-state index in [9.17, 15) is 0 Å². The molecule has 2 nitrogen and oxygen atoms in total. The van der Waals surface area contributed by atoms with E-state index < -0.39 is 0 Å². The molecule has 0 saturated carbocycles. The molecule has 5 heteroatoms. The first-order valence-electron chi connectivity index (χ1n) is 4.28. The summed E-state index contributed by atoms with van der Waals surface area (Å²) >= 11 is 8.81. The molecule has 15 heavy (non-hydrogen) atoms. The number of halogens is 1. The van der Waals surface area contributed by atoms with Crippen molar-refractivity contribution in [2.75, 3.05) is 0 Å². The number of hydrogen-bond acceptors (Lipinski definition) is 4. The van der Waals surface area contributed by atoms with Gasteiger partial charge in [-0.25, -0.2) is 4.98 Å². The highest BCUT2D eigenvalue weighted by molar-refractivity contribution is 8.01. The lowest BCUT2D eigenvalue weighted by molar-refractivity contribution is 0.285. The maximum Gasteiger partial charge on any atom is 0.156 e. The third-order valence-electron chi connectivity index (χ3n) is 1.72. The molecular formula is C10H8ClNOS2. The van der Waals surface area contributed by atoms with E-state index in [4.69, 9.17) is 16.7 Å². The first-order valence-corrected chi connectivity index (χ1v) is 6.29. The normalized spacial score (nSPS) is 10.5. The van der Waals surface area contributed by atoms with Crippen LogP contribution in [0.15, 0.2) is 39.6 Å². The van der Waals surface area contributed by atoms with E-state index in [1.54, 1.807) is 11.8 Å². The third kappa shape index (κ3) is 2.72. The second-order valence-electron chi connectivity index (χ2n) is 2.77.